The SMILES string of the molecule is CC1CN(C(=O)C2C(C)C(=O)OC23CCN(C2CCOCC2)CC3)Cc2cc(C(F)(F)F)cnc21. The fraction of sp³-hybridized carbons (Fsp3) is 0.720. The van der Waals surface area contributed by atoms with E-state index in [2.05, 4.69) is 9.88 Å². The van der Waals surface area contributed by atoms with Crippen LogP contribution in [-0.4, -0.2) is 71.2 Å². The van der Waals surface area contributed by atoms with Crippen LogP contribution in [0.15, 0.2) is 12.3 Å². The molecule has 3 saturated heterocycles. The van der Waals surface area contributed by atoms with Gasteiger partial charge in [-0.15, -0.1) is 0 Å². The van der Waals surface area contributed by atoms with Gasteiger partial charge in [-0.3, -0.25) is 19.5 Å². The van der Waals surface area contributed by atoms with E-state index in [0.717, 1.165) is 51.4 Å². The van der Waals surface area contributed by atoms with Gasteiger partial charge in [-0.05, 0) is 24.5 Å². The van der Waals surface area contributed by atoms with Gasteiger partial charge < -0.3 is 14.4 Å². The van der Waals surface area contributed by atoms with Gasteiger partial charge in [0.05, 0.1) is 17.4 Å². The molecule has 3 unspecified atom stereocenters. The number of halogens is 3. The Morgan fingerprint density at radius 3 is 2.51 bits per heavy atom. The third-order valence-corrected chi connectivity index (χ3v) is 8.32. The molecule has 10 heteroatoms. The molecule has 1 aromatic rings. The van der Waals surface area contributed by atoms with Crippen LogP contribution in [0.3, 0.4) is 0 Å². The fourth-order valence-corrected chi connectivity index (χ4v) is 6.42. The van der Waals surface area contributed by atoms with E-state index in [1.807, 2.05) is 6.92 Å². The van der Waals surface area contributed by atoms with E-state index >= 15 is 0 Å². The number of nitrogens with zero attached hydrogens (tertiary/aromatic N) is 3. The quantitative estimate of drug-likeness (QED) is 0.586. The molecule has 5 heterocycles. The Morgan fingerprint density at radius 1 is 1.17 bits per heavy atom. The summed E-state index contributed by atoms with van der Waals surface area (Å²) in [6.45, 7) is 6.98. The smallest absolute Gasteiger partial charge is 0.417 e. The maximum Gasteiger partial charge on any atom is 0.417 e. The lowest BCUT2D eigenvalue weighted by Crippen LogP contribution is -2.56. The van der Waals surface area contributed by atoms with E-state index in [0.29, 0.717) is 36.7 Å². The lowest BCUT2D eigenvalue weighted by atomic mass is 9.74. The zero-order valence-corrected chi connectivity index (χ0v) is 20.1. The number of likely N-dealkylation sites (tertiary alicyclic amines) is 1. The van der Waals surface area contributed by atoms with Gasteiger partial charge in [-0.1, -0.05) is 13.8 Å². The van der Waals surface area contributed by atoms with Crippen molar-refractivity contribution in [1.29, 1.82) is 0 Å². The average Bonchev–Trinajstić information content (AvgIpc) is 3.07. The van der Waals surface area contributed by atoms with Crippen LogP contribution in [0.2, 0.25) is 0 Å². The number of hydrogen-bond donors (Lipinski definition) is 0. The number of carbonyl (C=O) groups excluding carboxylic acids is 2. The number of amides is 1. The molecular weight excluding hydrogens is 463 g/mol. The molecule has 1 amide bonds. The second kappa shape index (κ2) is 9.03. The van der Waals surface area contributed by atoms with Gasteiger partial charge >= 0.3 is 12.1 Å². The Balaban J connectivity index is 1.35. The molecule has 7 nitrogen and oxygen atoms in total. The summed E-state index contributed by atoms with van der Waals surface area (Å²) in [5.41, 5.74) is -0.672. The number of hydrogen-bond acceptors (Lipinski definition) is 6. The van der Waals surface area contributed by atoms with Gasteiger partial charge in [0.1, 0.15) is 5.60 Å². The second-order valence-electron chi connectivity index (χ2n) is 10.5. The molecule has 35 heavy (non-hydrogen) atoms. The first-order valence-electron chi connectivity index (χ1n) is 12.5. The van der Waals surface area contributed by atoms with Crippen molar-refractivity contribution in [2.24, 2.45) is 11.8 Å². The van der Waals surface area contributed by atoms with Gasteiger partial charge in [0.15, 0.2) is 0 Å². The van der Waals surface area contributed by atoms with E-state index in [4.69, 9.17) is 9.47 Å². The number of piperidine rings is 1. The van der Waals surface area contributed by atoms with Crippen molar-refractivity contribution in [3.05, 3.63) is 29.1 Å². The maximum atomic E-state index is 13.9. The van der Waals surface area contributed by atoms with Crippen molar-refractivity contribution in [2.75, 3.05) is 32.8 Å². The van der Waals surface area contributed by atoms with Gasteiger partial charge in [0.25, 0.3) is 0 Å². The van der Waals surface area contributed by atoms with Crippen LogP contribution < -0.4 is 0 Å². The minimum atomic E-state index is -4.50. The first-order valence-corrected chi connectivity index (χ1v) is 12.5. The Labute approximate surface area is 202 Å². The molecule has 4 aliphatic heterocycles. The molecule has 1 aromatic heterocycles. The number of esters is 1. The highest BCUT2D eigenvalue weighted by Crippen LogP contribution is 2.46. The molecule has 3 atom stereocenters. The van der Waals surface area contributed by atoms with Crippen molar-refractivity contribution < 1.29 is 32.2 Å². The molecule has 5 rings (SSSR count). The van der Waals surface area contributed by atoms with Crippen LogP contribution in [0.1, 0.15) is 62.3 Å². The number of carbonyl (C=O) groups is 2. The number of pyridine rings is 1. The standard InChI is InChI=1S/C25H32F3N3O4/c1-15-13-31(14-17-11-18(25(26,27)28)12-29-21(15)17)22(32)20-16(2)23(33)35-24(20)5-7-30(8-6-24)19-3-9-34-10-4-19/h11-12,15-16,19-20H,3-10,13-14H2,1-2H3. The third kappa shape index (κ3) is 4.43. The lowest BCUT2D eigenvalue weighted by molar-refractivity contribution is -0.159. The topological polar surface area (TPSA) is 72.0 Å². The molecule has 0 aromatic carbocycles. The van der Waals surface area contributed by atoms with Gasteiger partial charge in [0.2, 0.25) is 5.91 Å². The summed E-state index contributed by atoms with van der Waals surface area (Å²) in [5, 5.41) is 0. The first-order chi connectivity index (χ1) is 16.6. The normalized spacial score (nSPS) is 29.8. The summed E-state index contributed by atoms with van der Waals surface area (Å²) < 4.78 is 51.2. The first kappa shape index (κ1) is 24.5. The highest BCUT2D eigenvalue weighted by atomic mass is 19.4. The summed E-state index contributed by atoms with van der Waals surface area (Å²) in [7, 11) is 0. The van der Waals surface area contributed by atoms with E-state index in [1.165, 1.54) is 0 Å². The second-order valence-corrected chi connectivity index (χ2v) is 10.5. The van der Waals surface area contributed by atoms with Crippen molar-refractivity contribution in [1.82, 2.24) is 14.8 Å². The molecule has 4 aliphatic rings. The summed E-state index contributed by atoms with van der Waals surface area (Å²) in [6.07, 6.45) is -0.526. The highest BCUT2D eigenvalue weighted by molar-refractivity contribution is 5.89. The fourth-order valence-electron chi connectivity index (χ4n) is 6.42. The Morgan fingerprint density at radius 2 is 1.86 bits per heavy atom. The number of aromatic nitrogens is 1. The minimum absolute atomic E-state index is 0.0527. The van der Waals surface area contributed by atoms with E-state index < -0.39 is 29.2 Å². The van der Waals surface area contributed by atoms with E-state index in [-0.39, 0.29) is 24.3 Å². The summed E-state index contributed by atoms with van der Waals surface area (Å²) in [6, 6.07) is 1.54. The number of alkyl halides is 3. The summed E-state index contributed by atoms with van der Waals surface area (Å²) in [4.78, 5) is 34.6. The van der Waals surface area contributed by atoms with Crippen LogP contribution in [0.5, 0.6) is 0 Å². The number of fused-ring (bicyclic) bond motifs is 1. The molecule has 0 radical (unpaired) electrons. The number of ether oxygens (including phenoxy) is 2. The minimum Gasteiger partial charge on any atom is -0.458 e. The van der Waals surface area contributed by atoms with E-state index in [9.17, 15) is 22.8 Å². The zero-order valence-electron chi connectivity index (χ0n) is 20.1. The van der Waals surface area contributed by atoms with Gasteiger partial charge in [-0.2, -0.15) is 13.2 Å². The largest absolute Gasteiger partial charge is 0.458 e. The van der Waals surface area contributed by atoms with Crippen LogP contribution in [-0.2, 0) is 31.8 Å². The molecule has 0 bridgehead atoms. The summed E-state index contributed by atoms with van der Waals surface area (Å²) >= 11 is 0. The molecule has 3 fully saturated rings. The van der Waals surface area contributed by atoms with Crippen LogP contribution in [0, 0.1) is 11.8 Å². The number of rotatable bonds is 2. The van der Waals surface area contributed by atoms with Crippen molar-refractivity contribution in [3.8, 4) is 0 Å². The third-order valence-electron chi connectivity index (χ3n) is 8.32. The predicted octanol–water partition coefficient (Wildman–Crippen LogP) is 3.37. The molecule has 0 saturated carbocycles. The Bertz CT molecular complexity index is 987. The molecule has 1 spiro atoms. The Hall–Kier alpha value is -2.20. The summed E-state index contributed by atoms with van der Waals surface area (Å²) in [5.74, 6) is -2.01. The van der Waals surface area contributed by atoms with Crippen molar-refractivity contribution >= 4 is 11.9 Å². The molecule has 0 N–H and O–H groups in total. The van der Waals surface area contributed by atoms with Gasteiger partial charge in [-0.25, -0.2) is 0 Å². The zero-order chi connectivity index (χ0) is 25.0. The predicted molar refractivity (Wildman–Crippen MR) is 119 cm³/mol. The van der Waals surface area contributed by atoms with Crippen molar-refractivity contribution in [3.63, 3.8) is 0 Å². The maximum absolute atomic E-state index is 13.9. The lowest BCUT2D eigenvalue weighted by Gasteiger charge is -2.45. The Kier molecular flexibility index (Phi) is 6.32. The van der Waals surface area contributed by atoms with Crippen LogP contribution in [0.25, 0.3) is 0 Å². The molecule has 192 valence electrons. The molecular formula is C25H32F3N3O4. The van der Waals surface area contributed by atoms with Gasteiger partial charge in [0, 0.05) is 76.1 Å². The monoisotopic (exact) mass is 495 g/mol. The van der Waals surface area contributed by atoms with E-state index in [1.54, 1.807) is 11.8 Å². The molecule has 0 aliphatic carbocycles. The van der Waals surface area contributed by atoms with Crippen LogP contribution >= 0.6 is 0 Å². The highest BCUT2D eigenvalue weighted by Gasteiger charge is 2.59. The van der Waals surface area contributed by atoms with Crippen molar-refractivity contribution in [2.45, 2.75) is 69.8 Å². The average molecular weight is 496 g/mol. The van der Waals surface area contributed by atoms with Crippen LogP contribution in [0.4, 0.5) is 13.2 Å².